The summed E-state index contributed by atoms with van der Waals surface area (Å²) in [4.78, 5) is 24.3. The SMILES string of the molecule is CCCCCCCC(=O)OC(CO)COC(=O)c1cccc2ccccc12. The Hall–Kier alpha value is -2.40. The third-order valence-electron chi connectivity index (χ3n) is 4.40. The molecular formula is C22H28O5. The van der Waals surface area contributed by atoms with Crippen LogP contribution in [0.2, 0.25) is 0 Å². The second-order valence-corrected chi connectivity index (χ2v) is 6.58. The molecule has 1 N–H and O–H groups in total. The Morgan fingerprint density at radius 2 is 1.74 bits per heavy atom. The fraction of sp³-hybridized carbons (Fsp3) is 0.455. The van der Waals surface area contributed by atoms with Crippen molar-refractivity contribution in [3.8, 4) is 0 Å². The molecule has 0 aromatic heterocycles. The van der Waals surface area contributed by atoms with E-state index < -0.39 is 12.1 Å². The molecule has 0 heterocycles. The summed E-state index contributed by atoms with van der Waals surface area (Å²) in [6, 6.07) is 12.9. The highest BCUT2D eigenvalue weighted by molar-refractivity contribution is 6.04. The smallest absolute Gasteiger partial charge is 0.338 e. The van der Waals surface area contributed by atoms with Crippen molar-refractivity contribution in [3.05, 3.63) is 48.0 Å². The Kier molecular flexibility index (Phi) is 8.78. The van der Waals surface area contributed by atoms with Crippen molar-refractivity contribution < 1.29 is 24.2 Å². The largest absolute Gasteiger partial charge is 0.458 e. The Labute approximate surface area is 160 Å². The number of hydrogen-bond acceptors (Lipinski definition) is 5. The van der Waals surface area contributed by atoms with Gasteiger partial charge < -0.3 is 14.6 Å². The number of aliphatic hydroxyl groups excluding tert-OH is 1. The first-order chi connectivity index (χ1) is 13.2. The zero-order chi connectivity index (χ0) is 19.5. The normalized spacial score (nSPS) is 11.9. The van der Waals surface area contributed by atoms with Crippen LogP contribution in [0.25, 0.3) is 10.8 Å². The highest BCUT2D eigenvalue weighted by Gasteiger charge is 2.18. The summed E-state index contributed by atoms with van der Waals surface area (Å²) >= 11 is 0. The predicted octanol–water partition coefficient (Wildman–Crippen LogP) is 4.26. The maximum absolute atomic E-state index is 12.4. The lowest BCUT2D eigenvalue weighted by molar-refractivity contribution is -0.153. The third kappa shape index (κ3) is 6.68. The molecule has 0 aliphatic heterocycles. The van der Waals surface area contributed by atoms with E-state index in [1.54, 1.807) is 12.1 Å². The van der Waals surface area contributed by atoms with Crippen LogP contribution in [0.5, 0.6) is 0 Å². The van der Waals surface area contributed by atoms with E-state index in [1.807, 2.05) is 30.3 Å². The van der Waals surface area contributed by atoms with Gasteiger partial charge in [0.15, 0.2) is 6.10 Å². The molecule has 0 aliphatic rings. The molecule has 0 bridgehead atoms. The van der Waals surface area contributed by atoms with Crippen molar-refractivity contribution >= 4 is 22.7 Å². The summed E-state index contributed by atoms with van der Waals surface area (Å²) in [5, 5.41) is 11.1. The zero-order valence-corrected chi connectivity index (χ0v) is 15.9. The van der Waals surface area contributed by atoms with Crippen LogP contribution in [0.3, 0.4) is 0 Å². The van der Waals surface area contributed by atoms with Gasteiger partial charge in [0, 0.05) is 6.42 Å². The average molecular weight is 372 g/mol. The standard InChI is InChI=1S/C22H28O5/c1-2-3-4-5-6-14-21(24)27-18(15-23)16-26-22(25)20-13-9-11-17-10-7-8-12-19(17)20/h7-13,18,23H,2-6,14-16H2,1H3. The minimum Gasteiger partial charge on any atom is -0.458 e. The second-order valence-electron chi connectivity index (χ2n) is 6.58. The number of rotatable bonds is 11. The van der Waals surface area contributed by atoms with Crippen LogP contribution >= 0.6 is 0 Å². The summed E-state index contributed by atoms with van der Waals surface area (Å²) in [5.41, 5.74) is 0.451. The van der Waals surface area contributed by atoms with Crippen LogP contribution in [-0.2, 0) is 14.3 Å². The lowest BCUT2D eigenvalue weighted by Crippen LogP contribution is -2.28. The van der Waals surface area contributed by atoms with Crippen LogP contribution in [0.1, 0.15) is 55.8 Å². The molecule has 146 valence electrons. The quantitative estimate of drug-likeness (QED) is 0.471. The number of hydrogen-bond donors (Lipinski definition) is 1. The molecule has 27 heavy (non-hydrogen) atoms. The highest BCUT2D eigenvalue weighted by atomic mass is 16.6. The third-order valence-corrected chi connectivity index (χ3v) is 4.40. The molecule has 2 aromatic carbocycles. The van der Waals surface area contributed by atoms with Gasteiger partial charge in [-0.3, -0.25) is 4.79 Å². The lowest BCUT2D eigenvalue weighted by Gasteiger charge is -2.16. The maximum Gasteiger partial charge on any atom is 0.338 e. The van der Waals surface area contributed by atoms with Crippen molar-refractivity contribution in [2.75, 3.05) is 13.2 Å². The van der Waals surface area contributed by atoms with Crippen LogP contribution in [0, 0.1) is 0 Å². The monoisotopic (exact) mass is 372 g/mol. The molecule has 0 amide bonds. The number of ether oxygens (including phenoxy) is 2. The molecule has 1 atom stereocenters. The van der Waals surface area contributed by atoms with E-state index in [4.69, 9.17) is 9.47 Å². The van der Waals surface area contributed by atoms with Crippen molar-refractivity contribution in [1.29, 1.82) is 0 Å². The van der Waals surface area contributed by atoms with Gasteiger partial charge in [-0.2, -0.15) is 0 Å². The topological polar surface area (TPSA) is 72.8 Å². The molecular weight excluding hydrogens is 344 g/mol. The number of esters is 2. The molecule has 0 saturated heterocycles. The van der Waals surface area contributed by atoms with Gasteiger partial charge in [0.2, 0.25) is 0 Å². The van der Waals surface area contributed by atoms with Gasteiger partial charge >= 0.3 is 11.9 Å². The first-order valence-corrected chi connectivity index (χ1v) is 9.61. The second kappa shape index (κ2) is 11.3. The molecule has 2 aromatic rings. The van der Waals surface area contributed by atoms with Crippen molar-refractivity contribution in [2.24, 2.45) is 0 Å². The number of carbonyl (C=O) groups excluding carboxylic acids is 2. The maximum atomic E-state index is 12.4. The minimum absolute atomic E-state index is 0.167. The Morgan fingerprint density at radius 1 is 1.00 bits per heavy atom. The van der Waals surface area contributed by atoms with Gasteiger partial charge in [-0.25, -0.2) is 4.79 Å². The fourth-order valence-corrected chi connectivity index (χ4v) is 2.89. The Morgan fingerprint density at radius 3 is 2.52 bits per heavy atom. The Balaban J connectivity index is 1.82. The van der Waals surface area contributed by atoms with Gasteiger partial charge in [-0.15, -0.1) is 0 Å². The molecule has 1 unspecified atom stereocenters. The van der Waals surface area contributed by atoms with Gasteiger partial charge in [0.05, 0.1) is 12.2 Å². The zero-order valence-electron chi connectivity index (χ0n) is 15.9. The van der Waals surface area contributed by atoms with Crippen LogP contribution in [0.4, 0.5) is 0 Å². The first kappa shape index (κ1) is 20.9. The van der Waals surface area contributed by atoms with E-state index in [0.29, 0.717) is 12.0 Å². The molecule has 5 nitrogen and oxygen atoms in total. The molecule has 0 radical (unpaired) electrons. The van der Waals surface area contributed by atoms with Crippen LogP contribution < -0.4 is 0 Å². The van der Waals surface area contributed by atoms with E-state index >= 15 is 0 Å². The van der Waals surface area contributed by atoms with Gasteiger partial charge in [0.1, 0.15) is 6.61 Å². The van der Waals surface area contributed by atoms with Crippen molar-refractivity contribution in [2.45, 2.75) is 51.6 Å². The Bertz CT molecular complexity index is 735. The number of benzene rings is 2. The molecule has 2 rings (SSSR count). The van der Waals surface area contributed by atoms with Crippen LogP contribution in [-0.4, -0.2) is 36.4 Å². The summed E-state index contributed by atoms with van der Waals surface area (Å²) in [6.07, 6.45) is 4.66. The number of carbonyl (C=O) groups is 2. The van der Waals surface area contributed by atoms with Crippen LogP contribution in [0.15, 0.2) is 42.5 Å². The average Bonchev–Trinajstić information content (AvgIpc) is 2.70. The minimum atomic E-state index is -0.841. The van der Waals surface area contributed by atoms with E-state index in [-0.39, 0.29) is 19.2 Å². The number of fused-ring (bicyclic) bond motifs is 1. The summed E-state index contributed by atoms with van der Waals surface area (Å²) in [5.74, 6) is -0.868. The van der Waals surface area contributed by atoms with Gasteiger partial charge in [0.25, 0.3) is 0 Å². The summed E-state index contributed by atoms with van der Waals surface area (Å²) in [7, 11) is 0. The molecule has 5 heteroatoms. The number of unbranched alkanes of at least 4 members (excludes halogenated alkanes) is 4. The van der Waals surface area contributed by atoms with Crippen molar-refractivity contribution in [3.63, 3.8) is 0 Å². The van der Waals surface area contributed by atoms with Gasteiger partial charge in [-0.1, -0.05) is 69.0 Å². The predicted molar refractivity (Wildman–Crippen MR) is 105 cm³/mol. The lowest BCUT2D eigenvalue weighted by atomic mass is 10.1. The first-order valence-electron chi connectivity index (χ1n) is 9.61. The van der Waals surface area contributed by atoms with Crippen molar-refractivity contribution in [1.82, 2.24) is 0 Å². The molecule has 0 spiro atoms. The highest BCUT2D eigenvalue weighted by Crippen LogP contribution is 2.19. The van der Waals surface area contributed by atoms with E-state index in [1.165, 1.54) is 6.42 Å². The van der Waals surface area contributed by atoms with E-state index in [2.05, 4.69) is 6.92 Å². The summed E-state index contributed by atoms with van der Waals surface area (Å²) < 4.78 is 10.5. The molecule has 0 saturated carbocycles. The molecule has 0 fully saturated rings. The van der Waals surface area contributed by atoms with Gasteiger partial charge in [-0.05, 0) is 23.3 Å². The van der Waals surface area contributed by atoms with E-state index in [9.17, 15) is 14.7 Å². The fourth-order valence-electron chi connectivity index (χ4n) is 2.89. The number of aliphatic hydroxyl groups is 1. The van der Waals surface area contributed by atoms with E-state index in [0.717, 1.165) is 36.5 Å². The summed E-state index contributed by atoms with van der Waals surface area (Å²) in [6.45, 7) is 1.59. The molecule has 0 aliphatic carbocycles.